The van der Waals surface area contributed by atoms with E-state index in [1.165, 1.54) is 11.3 Å². The van der Waals surface area contributed by atoms with Gasteiger partial charge in [0.2, 0.25) is 5.91 Å². The van der Waals surface area contributed by atoms with Crippen LogP contribution in [0.4, 0.5) is 11.4 Å². The molecule has 0 bridgehead atoms. The number of hydrogen-bond acceptors (Lipinski definition) is 5. The summed E-state index contributed by atoms with van der Waals surface area (Å²) >= 11 is 1.21. The lowest BCUT2D eigenvalue weighted by Crippen LogP contribution is -2.32. The number of carbonyl (C=O) groups excluding carboxylic acids is 1. The highest BCUT2D eigenvalue weighted by atomic mass is 32.1. The van der Waals surface area contributed by atoms with Gasteiger partial charge in [-0.15, -0.1) is 11.3 Å². The molecule has 0 saturated carbocycles. The number of amides is 1. The summed E-state index contributed by atoms with van der Waals surface area (Å²) in [6, 6.07) is 16.4. The van der Waals surface area contributed by atoms with Gasteiger partial charge in [-0.05, 0) is 41.8 Å². The SMILES string of the molecule is O=C(CNNc1ccccc1)Nc1ccc2sc(C(=O)O)cc2c1. The van der Waals surface area contributed by atoms with E-state index in [2.05, 4.69) is 16.2 Å². The molecule has 0 aliphatic rings. The number of thiophene rings is 1. The molecule has 3 rings (SSSR count). The number of para-hydroxylation sites is 1. The van der Waals surface area contributed by atoms with Crippen molar-refractivity contribution in [2.45, 2.75) is 0 Å². The van der Waals surface area contributed by atoms with E-state index in [1.54, 1.807) is 24.3 Å². The zero-order valence-electron chi connectivity index (χ0n) is 12.6. The van der Waals surface area contributed by atoms with Crippen molar-refractivity contribution < 1.29 is 14.7 Å². The van der Waals surface area contributed by atoms with Gasteiger partial charge < -0.3 is 15.8 Å². The number of hydrogen-bond donors (Lipinski definition) is 4. The molecule has 1 heterocycles. The molecule has 0 saturated heterocycles. The van der Waals surface area contributed by atoms with E-state index < -0.39 is 5.97 Å². The third-order valence-electron chi connectivity index (χ3n) is 3.27. The fraction of sp³-hybridized carbons (Fsp3) is 0.0588. The summed E-state index contributed by atoms with van der Waals surface area (Å²) in [7, 11) is 0. The normalized spacial score (nSPS) is 10.5. The highest BCUT2D eigenvalue weighted by Crippen LogP contribution is 2.28. The molecular formula is C17H15N3O3S. The summed E-state index contributed by atoms with van der Waals surface area (Å²) in [6.45, 7) is 0.0942. The third kappa shape index (κ3) is 3.89. The topological polar surface area (TPSA) is 90.5 Å². The van der Waals surface area contributed by atoms with Crippen molar-refractivity contribution in [1.82, 2.24) is 5.43 Å². The quantitative estimate of drug-likeness (QED) is 0.517. The lowest BCUT2D eigenvalue weighted by atomic mass is 10.2. The lowest BCUT2D eigenvalue weighted by molar-refractivity contribution is -0.115. The minimum absolute atomic E-state index is 0.0942. The Morgan fingerprint density at radius 1 is 1.00 bits per heavy atom. The Bertz CT molecular complexity index is 877. The lowest BCUT2D eigenvalue weighted by Gasteiger charge is -2.09. The number of carboxylic acid groups (broad SMARTS) is 1. The van der Waals surface area contributed by atoms with Gasteiger partial charge in [-0.1, -0.05) is 18.2 Å². The largest absolute Gasteiger partial charge is 0.477 e. The van der Waals surface area contributed by atoms with Crippen LogP contribution in [0.5, 0.6) is 0 Å². The summed E-state index contributed by atoms with van der Waals surface area (Å²) < 4.78 is 0.870. The Balaban J connectivity index is 1.57. The van der Waals surface area contributed by atoms with Gasteiger partial charge in [0.25, 0.3) is 0 Å². The van der Waals surface area contributed by atoms with Crippen molar-refractivity contribution in [1.29, 1.82) is 0 Å². The minimum Gasteiger partial charge on any atom is -0.477 e. The molecule has 1 aromatic heterocycles. The van der Waals surface area contributed by atoms with Crippen LogP contribution in [0, 0.1) is 0 Å². The van der Waals surface area contributed by atoms with Crippen LogP contribution >= 0.6 is 11.3 Å². The average molecular weight is 341 g/mol. The number of benzene rings is 2. The Morgan fingerprint density at radius 3 is 2.54 bits per heavy atom. The number of nitrogens with one attached hydrogen (secondary N) is 3. The number of carbonyl (C=O) groups is 2. The van der Waals surface area contributed by atoms with Gasteiger partial charge in [0.05, 0.1) is 6.54 Å². The number of aromatic carboxylic acids is 1. The van der Waals surface area contributed by atoms with Crippen LogP contribution in [0.25, 0.3) is 10.1 Å². The van der Waals surface area contributed by atoms with Crippen LogP contribution in [0.15, 0.2) is 54.6 Å². The summed E-state index contributed by atoms with van der Waals surface area (Å²) in [4.78, 5) is 23.2. The maximum atomic E-state index is 11.9. The van der Waals surface area contributed by atoms with E-state index in [-0.39, 0.29) is 17.3 Å². The summed E-state index contributed by atoms with van der Waals surface area (Å²) in [6.07, 6.45) is 0. The van der Waals surface area contributed by atoms with Crippen LogP contribution in [0.2, 0.25) is 0 Å². The van der Waals surface area contributed by atoms with E-state index in [0.717, 1.165) is 15.8 Å². The smallest absolute Gasteiger partial charge is 0.345 e. The molecule has 0 fully saturated rings. The minimum atomic E-state index is -0.946. The van der Waals surface area contributed by atoms with Gasteiger partial charge in [-0.25, -0.2) is 10.2 Å². The van der Waals surface area contributed by atoms with Crippen molar-refractivity contribution in [3.63, 3.8) is 0 Å². The van der Waals surface area contributed by atoms with Crippen LogP contribution in [-0.4, -0.2) is 23.5 Å². The maximum Gasteiger partial charge on any atom is 0.345 e. The van der Waals surface area contributed by atoms with Crippen LogP contribution in [-0.2, 0) is 4.79 Å². The number of anilines is 2. The fourth-order valence-corrected chi connectivity index (χ4v) is 3.06. The predicted octanol–water partition coefficient (Wildman–Crippen LogP) is 3.15. The molecule has 7 heteroatoms. The molecule has 0 radical (unpaired) electrons. The molecule has 122 valence electrons. The number of carboxylic acids is 1. The molecule has 3 aromatic rings. The van der Waals surface area contributed by atoms with E-state index in [9.17, 15) is 9.59 Å². The first-order valence-corrected chi connectivity index (χ1v) is 8.04. The maximum absolute atomic E-state index is 11.9. The van der Waals surface area contributed by atoms with E-state index in [0.29, 0.717) is 5.69 Å². The molecule has 0 aliphatic carbocycles. The van der Waals surface area contributed by atoms with Crippen molar-refractivity contribution >= 4 is 44.7 Å². The Hall–Kier alpha value is -2.90. The van der Waals surface area contributed by atoms with Gasteiger partial charge in [0, 0.05) is 16.1 Å². The monoisotopic (exact) mass is 341 g/mol. The summed E-state index contributed by atoms with van der Waals surface area (Å²) in [5.41, 5.74) is 7.27. The van der Waals surface area contributed by atoms with Crippen molar-refractivity contribution in [2.24, 2.45) is 0 Å². The second kappa shape index (κ2) is 7.12. The zero-order valence-corrected chi connectivity index (χ0v) is 13.4. The Morgan fingerprint density at radius 2 is 1.79 bits per heavy atom. The first-order chi connectivity index (χ1) is 11.6. The Labute approximate surface area is 142 Å². The van der Waals surface area contributed by atoms with Crippen LogP contribution < -0.4 is 16.2 Å². The molecule has 4 N–H and O–H groups in total. The van der Waals surface area contributed by atoms with E-state index in [1.807, 2.05) is 30.3 Å². The zero-order chi connectivity index (χ0) is 16.9. The molecule has 1 amide bonds. The number of fused-ring (bicyclic) bond motifs is 1. The second-order valence-electron chi connectivity index (χ2n) is 5.06. The molecule has 2 aromatic carbocycles. The van der Waals surface area contributed by atoms with Crippen molar-refractivity contribution in [2.75, 3.05) is 17.3 Å². The second-order valence-corrected chi connectivity index (χ2v) is 6.14. The van der Waals surface area contributed by atoms with Gasteiger partial charge >= 0.3 is 5.97 Å². The molecule has 24 heavy (non-hydrogen) atoms. The Kier molecular flexibility index (Phi) is 4.74. The molecule has 0 atom stereocenters. The number of rotatable bonds is 6. The molecule has 0 aliphatic heterocycles. The van der Waals surface area contributed by atoms with Crippen LogP contribution in [0.1, 0.15) is 9.67 Å². The number of hydrazine groups is 1. The standard InChI is InChI=1S/C17H15N3O3S/c21-16(10-18-20-12-4-2-1-3-5-12)19-13-6-7-14-11(8-13)9-15(24-14)17(22)23/h1-9,18,20H,10H2,(H,19,21)(H,22,23). The highest BCUT2D eigenvalue weighted by Gasteiger charge is 2.09. The summed E-state index contributed by atoms with van der Waals surface area (Å²) in [5, 5.41) is 12.6. The van der Waals surface area contributed by atoms with Gasteiger partial charge in [-0.3, -0.25) is 4.79 Å². The van der Waals surface area contributed by atoms with Gasteiger partial charge in [0.1, 0.15) is 4.88 Å². The predicted molar refractivity (Wildman–Crippen MR) is 95.5 cm³/mol. The van der Waals surface area contributed by atoms with Crippen molar-refractivity contribution in [3.05, 3.63) is 59.5 Å². The van der Waals surface area contributed by atoms with E-state index >= 15 is 0 Å². The van der Waals surface area contributed by atoms with Gasteiger partial charge in [-0.2, -0.15) is 0 Å². The fourth-order valence-electron chi connectivity index (χ4n) is 2.18. The van der Waals surface area contributed by atoms with E-state index in [4.69, 9.17) is 5.11 Å². The van der Waals surface area contributed by atoms with Gasteiger partial charge in [0.15, 0.2) is 0 Å². The molecular weight excluding hydrogens is 326 g/mol. The summed E-state index contributed by atoms with van der Waals surface area (Å²) in [5.74, 6) is -1.15. The third-order valence-corrected chi connectivity index (χ3v) is 4.37. The first-order valence-electron chi connectivity index (χ1n) is 7.22. The average Bonchev–Trinajstić information content (AvgIpc) is 2.99. The van der Waals surface area contributed by atoms with Crippen LogP contribution in [0.3, 0.4) is 0 Å². The highest BCUT2D eigenvalue weighted by molar-refractivity contribution is 7.20. The van der Waals surface area contributed by atoms with Crippen molar-refractivity contribution in [3.8, 4) is 0 Å². The molecule has 0 spiro atoms. The molecule has 0 unspecified atom stereocenters. The first kappa shape index (κ1) is 16.0. The molecule has 6 nitrogen and oxygen atoms in total.